The molecule has 1 N–H and O–H groups in total. The summed E-state index contributed by atoms with van der Waals surface area (Å²) in [6, 6.07) is 3.53. The molecular formula is C19H20Cl2N6O2. The highest BCUT2D eigenvalue weighted by molar-refractivity contribution is 6.36. The highest BCUT2D eigenvalue weighted by Gasteiger charge is 2.26. The zero-order valence-corrected chi connectivity index (χ0v) is 17.3. The van der Waals surface area contributed by atoms with E-state index in [1.165, 1.54) is 0 Å². The molecule has 1 atom stereocenters. The number of aromatic nitrogens is 4. The van der Waals surface area contributed by atoms with Gasteiger partial charge in [0, 0.05) is 50.7 Å². The van der Waals surface area contributed by atoms with Gasteiger partial charge in [-0.3, -0.25) is 9.88 Å². The van der Waals surface area contributed by atoms with Gasteiger partial charge >= 0.3 is 0 Å². The van der Waals surface area contributed by atoms with E-state index in [2.05, 4.69) is 19.9 Å². The number of aliphatic hydroxyl groups excluding tert-OH is 1. The van der Waals surface area contributed by atoms with Crippen molar-refractivity contribution in [3.8, 4) is 11.4 Å². The molecule has 0 amide bonds. The number of hydrogen-bond donors (Lipinski definition) is 1. The molecule has 3 aromatic rings. The van der Waals surface area contributed by atoms with Gasteiger partial charge in [-0.25, -0.2) is 15.0 Å². The minimum Gasteiger partial charge on any atom is -0.356 e. The van der Waals surface area contributed by atoms with Gasteiger partial charge in [-0.2, -0.15) is 0 Å². The van der Waals surface area contributed by atoms with Gasteiger partial charge in [0.25, 0.3) is 0 Å². The highest BCUT2D eigenvalue weighted by atomic mass is 35.5. The van der Waals surface area contributed by atoms with E-state index in [4.69, 9.17) is 32.9 Å². The summed E-state index contributed by atoms with van der Waals surface area (Å²) in [7, 11) is 0. The number of pyridine rings is 2. The number of hydrogen-bond acceptors (Lipinski definition) is 8. The Kier molecular flexibility index (Phi) is 6.07. The molecule has 29 heavy (non-hydrogen) atoms. The molecule has 1 saturated heterocycles. The molecule has 1 unspecified atom stereocenters. The highest BCUT2D eigenvalue weighted by Crippen LogP contribution is 2.33. The van der Waals surface area contributed by atoms with Crippen LogP contribution in [0.25, 0.3) is 22.3 Å². The molecule has 0 spiro atoms. The first-order chi connectivity index (χ1) is 14.1. The molecule has 0 aliphatic carbocycles. The van der Waals surface area contributed by atoms with Crippen molar-refractivity contribution in [1.29, 1.82) is 0 Å². The molecule has 0 aromatic carbocycles. The summed E-state index contributed by atoms with van der Waals surface area (Å²) in [5.74, 6) is 1.26. The Balaban J connectivity index is 1.71. The summed E-state index contributed by atoms with van der Waals surface area (Å²) >= 11 is 12.5. The van der Waals surface area contributed by atoms with Gasteiger partial charge < -0.3 is 14.7 Å². The van der Waals surface area contributed by atoms with Crippen molar-refractivity contribution in [3.63, 3.8) is 0 Å². The molecule has 8 nitrogen and oxygen atoms in total. The fourth-order valence-corrected chi connectivity index (χ4v) is 3.75. The summed E-state index contributed by atoms with van der Waals surface area (Å²) in [5.41, 5.74) is 1.42. The first kappa shape index (κ1) is 20.2. The Hall–Kier alpha value is -2.10. The molecule has 0 bridgehead atoms. The number of rotatable bonds is 5. The quantitative estimate of drug-likeness (QED) is 0.484. The SMILES string of the molecule is CCOC(O)N1CCN(c2nc(-c3ccnc(Cl)c3)nc3cncc(Cl)c23)CC1. The van der Waals surface area contributed by atoms with Crippen LogP contribution in [-0.2, 0) is 4.74 Å². The van der Waals surface area contributed by atoms with Crippen LogP contribution in [-0.4, -0.2) is 69.1 Å². The van der Waals surface area contributed by atoms with Crippen LogP contribution >= 0.6 is 23.2 Å². The van der Waals surface area contributed by atoms with E-state index in [1.54, 1.807) is 24.7 Å². The van der Waals surface area contributed by atoms with Crippen LogP contribution < -0.4 is 4.90 Å². The first-order valence-corrected chi connectivity index (χ1v) is 10.0. The summed E-state index contributed by atoms with van der Waals surface area (Å²) in [4.78, 5) is 21.6. The average Bonchev–Trinajstić information content (AvgIpc) is 2.73. The van der Waals surface area contributed by atoms with E-state index >= 15 is 0 Å². The average molecular weight is 435 g/mol. The number of ether oxygens (including phenoxy) is 1. The van der Waals surface area contributed by atoms with Crippen molar-refractivity contribution in [3.05, 3.63) is 40.9 Å². The van der Waals surface area contributed by atoms with Crippen LogP contribution in [0.4, 0.5) is 5.82 Å². The van der Waals surface area contributed by atoms with Gasteiger partial charge in [0.05, 0.1) is 22.1 Å². The van der Waals surface area contributed by atoms with E-state index < -0.39 is 6.41 Å². The number of anilines is 1. The van der Waals surface area contributed by atoms with Gasteiger partial charge in [0.15, 0.2) is 5.82 Å². The van der Waals surface area contributed by atoms with E-state index in [0.717, 1.165) is 16.8 Å². The lowest BCUT2D eigenvalue weighted by Crippen LogP contribution is -2.51. The zero-order chi connectivity index (χ0) is 20.4. The van der Waals surface area contributed by atoms with Crippen LogP contribution in [0.1, 0.15) is 6.92 Å². The third-order valence-corrected chi connectivity index (χ3v) is 5.26. The second-order valence-electron chi connectivity index (χ2n) is 6.56. The molecule has 0 saturated carbocycles. The monoisotopic (exact) mass is 434 g/mol. The van der Waals surface area contributed by atoms with Crippen molar-refractivity contribution in [2.45, 2.75) is 13.3 Å². The first-order valence-electron chi connectivity index (χ1n) is 9.28. The van der Waals surface area contributed by atoms with Crippen LogP contribution in [0, 0.1) is 0 Å². The zero-order valence-electron chi connectivity index (χ0n) is 15.8. The smallest absolute Gasteiger partial charge is 0.216 e. The fraction of sp³-hybridized carbons (Fsp3) is 0.368. The van der Waals surface area contributed by atoms with Gasteiger partial charge in [-0.15, -0.1) is 0 Å². The maximum atomic E-state index is 10.1. The fourth-order valence-electron chi connectivity index (χ4n) is 3.33. The Labute approximate surface area is 178 Å². The van der Waals surface area contributed by atoms with Crippen molar-refractivity contribution >= 4 is 39.9 Å². The van der Waals surface area contributed by atoms with Crippen molar-refractivity contribution < 1.29 is 9.84 Å². The molecule has 1 aliphatic heterocycles. The third-order valence-electron chi connectivity index (χ3n) is 4.77. The summed E-state index contributed by atoms with van der Waals surface area (Å²) in [6.45, 7) is 4.89. The molecule has 4 heterocycles. The second-order valence-corrected chi connectivity index (χ2v) is 7.35. The Morgan fingerprint density at radius 2 is 1.97 bits per heavy atom. The predicted octanol–water partition coefficient (Wildman–Crippen LogP) is 2.83. The standard InChI is InChI=1S/C19H20Cl2N6O2/c1-2-29-19(28)27-7-5-26(6-8-27)18-16-13(20)10-22-11-14(16)24-17(25-18)12-3-4-23-15(21)9-12/h3-4,9-11,19,28H,2,5-8H2,1H3. The lowest BCUT2D eigenvalue weighted by Gasteiger charge is -2.37. The van der Waals surface area contributed by atoms with E-state index in [-0.39, 0.29) is 0 Å². The largest absolute Gasteiger partial charge is 0.356 e. The molecule has 3 aromatic heterocycles. The lowest BCUT2D eigenvalue weighted by molar-refractivity contribution is -0.191. The predicted molar refractivity (Wildman–Crippen MR) is 112 cm³/mol. The number of nitrogens with zero attached hydrogens (tertiary/aromatic N) is 6. The van der Waals surface area contributed by atoms with Crippen LogP contribution in [0.5, 0.6) is 0 Å². The van der Waals surface area contributed by atoms with E-state index in [0.29, 0.717) is 54.3 Å². The van der Waals surface area contributed by atoms with Crippen LogP contribution in [0.15, 0.2) is 30.7 Å². The minimum absolute atomic E-state index is 0.371. The molecular weight excluding hydrogens is 415 g/mol. The maximum Gasteiger partial charge on any atom is 0.216 e. The van der Waals surface area contributed by atoms with Crippen molar-refractivity contribution in [2.75, 3.05) is 37.7 Å². The number of fused-ring (bicyclic) bond motifs is 1. The molecule has 152 valence electrons. The van der Waals surface area contributed by atoms with Crippen molar-refractivity contribution in [1.82, 2.24) is 24.8 Å². The maximum absolute atomic E-state index is 10.1. The second kappa shape index (κ2) is 8.73. The Morgan fingerprint density at radius 3 is 2.69 bits per heavy atom. The Bertz CT molecular complexity index is 1010. The van der Waals surface area contributed by atoms with Crippen LogP contribution in [0.2, 0.25) is 10.2 Å². The summed E-state index contributed by atoms with van der Waals surface area (Å²) in [5, 5.41) is 11.7. The normalized spacial score (nSPS) is 16.3. The number of aliphatic hydroxyl groups is 1. The van der Waals surface area contributed by atoms with E-state index in [1.807, 2.05) is 17.9 Å². The molecule has 1 fully saturated rings. The van der Waals surface area contributed by atoms with Gasteiger partial charge in [0.1, 0.15) is 11.0 Å². The molecule has 10 heteroatoms. The summed E-state index contributed by atoms with van der Waals surface area (Å²) in [6.07, 6.45) is 3.99. The van der Waals surface area contributed by atoms with E-state index in [9.17, 15) is 5.11 Å². The molecule has 1 aliphatic rings. The van der Waals surface area contributed by atoms with Crippen LogP contribution in [0.3, 0.4) is 0 Å². The van der Waals surface area contributed by atoms with Crippen molar-refractivity contribution in [2.24, 2.45) is 0 Å². The number of halogens is 2. The van der Waals surface area contributed by atoms with Gasteiger partial charge in [0.2, 0.25) is 6.41 Å². The Morgan fingerprint density at radius 1 is 1.17 bits per heavy atom. The summed E-state index contributed by atoms with van der Waals surface area (Å²) < 4.78 is 5.29. The third kappa shape index (κ3) is 4.26. The minimum atomic E-state index is -0.897. The topological polar surface area (TPSA) is 87.5 Å². The molecule has 4 rings (SSSR count). The lowest BCUT2D eigenvalue weighted by atomic mass is 10.2. The van der Waals surface area contributed by atoms with Gasteiger partial charge in [-0.1, -0.05) is 23.2 Å². The van der Waals surface area contributed by atoms with Gasteiger partial charge in [-0.05, 0) is 19.1 Å². The molecule has 0 radical (unpaired) electrons. The number of piperazine rings is 1.